The maximum Gasteiger partial charge on any atom is 0.246 e. The molecule has 25 heavy (non-hydrogen) atoms. The van der Waals surface area contributed by atoms with Gasteiger partial charge in [0.1, 0.15) is 0 Å². The Kier molecular flexibility index (Phi) is 3.26. The molecule has 2 fully saturated rings. The largest absolute Gasteiger partial charge is 0.454 e. The average molecular weight is 339 g/mol. The van der Waals surface area contributed by atoms with E-state index in [1.165, 1.54) is 0 Å². The Bertz CT molecular complexity index is 850. The molecule has 0 atom stereocenters. The number of likely N-dealkylation sites (tertiary alicyclic amines) is 1. The zero-order chi connectivity index (χ0) is 16.8. The van der Waals surface area contributed by atoms with Crippen molar-refractivity contribution in [3.05, 3.63) is 41.6 Å². The normalized spacial score (nSPS) is 19.4. The molecule has 7 nitrogen and oxygen atoms in total. The van der Waals surface area contributed by atoms with Gasteiger partial charge in [-0.3, -0.25) is 4.79 Å². The number of rotatable bonds is 4. The van der Waals surface area contributed by atoms with Crippen LogP contribution in [0.25, 0.3) is 6.08 Å². The number of hydrogen-bond donors (Lipinski definition) is 0. The minimum absolute atomic E-state index is 0.0177. The number of carbonyl (C=O) groups is 1. The fraction of sp³-hybridized carbons (Fsp3) is 0.389. The van der Waals surface area contributed by atoms with Crippen LogP contribution >= 0.6 is 0 Å². The van der Waals surface area contributed by atoms with Crippen molar-refractivity contribution in [3.8, 4) is 11.5 Å². The van der Waals surface area contributed by atoms with E-state index < -0.39 is 0 Å². The third-order valence-corrected chi connectivity index (χ3v) is 4.76. The summed E-state index contributed by atoms with van der Waals surface area (Å²) >= 11 is 0. The van der Waals surface area contributed by atoms with Crippen LogP contribution in [-0.2, 0) is 4.79 Å². The van der Waals surface area contributed by atoms with Gasteiger partial charge in [-0.05, 0) is 36.6 Å². The van der Waals surface area contributed by atoms with Crippen molar-refractivity contribution in [2.45, 2.75) is 24.7 Å². The molecule has 7 heteroatoms. The van der Waals surface area contributed by atoms with Crippen molar-refractivity contribution in [1.29, 1.82) is 0 Å². The molecule has 0 N–H and O–H groups in total. The number of hydrogen-bond acceptors (Lipinski definition) is 6. The van der Waals surface area contributed by atoms with E-state index in [1.807, 2.05) is 18.2 Å². The van der Waals surface area contributed by atoms with E-state index in [4.69, 9.17) is 14.0 Å². The van der Waals surface area contributed by atoms with Crippen LogP contribution < -0.4 is 9.47 Å². The van der Waals surface area contributed by atoms with Gasteiger partial charge < -0.3 is 18.9 Å². The summed E-state index contributed by atoms with van der Waals surface area (Å²) in [7, 11) is 0. The van der Waals surface area contributed by atoms with Crippen molar-refractivity contribution >= 4 is 12.0 Å². The standard InChI is InChI=1S/C18H17N3O4/c22-16(6-2-11-1-5-14-15(7-11)24-10-23-14)21-8-13(9-21)18-19-17(20-25-18)12-3-4-12/h1-2,5-7,12-13H,3-4,8-10H2/b6-2+. The van der Waals surface area contributed by atoms with Crippen LogP contribution in [0.3, 0.4) is 0 Å². The lowest BCUT2D eigenvalue weighted by molar-refractivity contribution is -0.130. The monoisotopic (exact) mass is 339 g/mol. The number of aromatic nitrogens is 2. The molecule has 0 bridgehead atoms. The van der Waals surface area contributed by atoms with Gasteiger partial charge in [0.2, 0.25) is 18.6 Å². The third kappa shape index (κ3) is 2.75. The molecule has 1 aromatic heterocycles. The Labute approximate surface area is 144 Å². The lowest BCUT2D eigenvalue weighted by atomic mass is 10.00. The van der Waals surface area contributed by atoms with Gasteiger partial charge >= 0.3 is 0 Å². The molecule has 128 valence electrons. The molecule has 1 saturated carbocycles. The minimum Gasteiger partial charge on any atom is -0.454 e. The average Bonchev–Trinajstić information content (AvgIpc) is 3.13. The quantitative estimate of drug-likeness (QED) is 0.796. The van der Waals surface area contributed by atoms with E-state index in [1.54, 1.807) is 17.1 Å². The van der Waals surface area contributed by atoms with Crippen LogP contribution in [0, 0.1) is 0 Å². The van der Waals surface area contributed by atoms with Crippen molar-refractivity contribution in [1.82, 2.24) is 15.0 Å². The summed E-state index contributed by atoms with van der Waals surface area (Å²) in [6.45, 7) is 1.49. The number of benzene rings is 1. The number of ether oxygens (including phenoxy) is 2. The zero-order valence-corrected chi connectivity index (χ0v) is 13.6. The molecular formula is C18H17N3O4. The van der Waals surface area contributed by atoms with Crippen LogP contribution in [-0.4, -0.2) is 40.8 Å². The number of nitrogens with zero attached hydrogens (tertiary/aromatic N) is 3. The van der Waals surface area contributed by atoms with Gasteiger partial charge in [0.05, 0.1) is 5.92 Å². The minimum atomic E-state index is -0.0177. The highest BCUT2D eigenvalue weighted by Crippen LogP contribution is 2.39. The molecule has 5 rings (SSSR count). The van der Waals surface area contributed by atoms with Crippen LogP contribution in [0.4, 0.5) is 0 Å². The third-order valence-electron chi connectivity index (χ3n) is 4.76. The second-order valence-corrected chi connectivity index (χ2v) is 6.65. The first-order valence-electron chi connectivity index (χ1n) is 8.46. The van der Waals surface area contributed by atoms with Crippen molar-refractivity contribution in [2.75, 3.05) is 19.9 Å². The first kappa shape index (κ1) is 14.5. The molecule has 3 aliphatic rings. The summed E-state index contributed by atoms with van der Waals surface area (Å²) in [6, 6.07) is 5.61. The highest BCUT2D eigenvalue weighted by atomic mass is 16.7. The van der Waals surface area contributed by atoms with Crippen molar-refractivity contribution in [3.63, 3.8) is 0 Å². The van der Waals surface area contributed by atoms with Gasteiger partial charge in [0, 0.05) is 25.1 Å². The molecule has 2 aromatic rings. The molecule has 0 spiro atoms. The van der Waals surface area contributed by atoms with Gasteiger partial charge in [-0.25, -0.2) is 0 Å². The van der Waals surface area contributed by atoms with Crippen LogP contribution in [0.5, 0.6) is 11.5 Å². The fourth-order valence-electron chi connectivity index (χ4n) is 3.02. The van der Waals surface area contributed by atoms with E-state index in [-0.39, 0.29) is 18.6 Å². The number of fused-ring (bicyclic) bond motifs is 1. The van der Waals surface area contributed by atoms with E-state index in [2.05, 4.69) is 10.1 Å². The highest BCUT2D eigenvalue weighted by Gasteiger charge is 2.36. The smallest absolute Gasteiger partial charge is 0.246 e. The lowest BCUT2D eigenvalue weighted by Gasteiger charge is -2.36. The van der Waals surface area contributed by atoms with Crippen LogP contribution in [0.15, 0.2) is 28.8 Å². The first-order valence-corrected chi connectivity index (χ1v) is 8.46. The number of amides is 1. The maximum absolute atomic E-state index is 12.2. The lowest BCUT2D eigenvalue weighted by Crippen LogP contribution is -2.47. The van der Waals surface area contributed by atoms with Crippen molar-refractivity contribution in [2.24, 2.45) is 0 Å². The molecule has 2 aliphatic heterocycles. The second kappa shape index (κ2) is 5.61. The Morgan fingerprint density at radius 3 is 2.84 bits per heavy atom. The Morgan fingerprint density at radius 1 is 1.16 bits per heavy atom. The van der Waals surface area contributed by atoms with E-state index in [0.29, 0.717) is 30.6 Å². The van der Waals surface area contributed by atoms with E-state index in [9.17, 15) is 4.79 Å². The topological polar surface area (TPSA) is 77.7 Å². The Morgan fingerprint density at radius 2 is 2.00 bits per heavy atom. The molecule has 1 amide bonds. The predicted molar refractivity (Wildman–Crippen MR) is 87.2 cm³/mol. The van der Waals surface area contributed by atoms with Crippen LogP contribution in [0.2, 0.25) is 0 Å². The van der Waals surface area contributed by atoms with E-state index >= 15 is 0 Å². The zero-order valence-electron chi connectivity index (χ0n) is 13.6. The Balaban J connectivity index is 1.18. The van der Waals surface area contributed by atoms with Gasteiger partial charge in [-0.2, -0.15) is 4.98 Å². The Hall–Kier alpha value is -2.83. The molecule has 0 radical (unpaired) electrons. The summed E-state index contributed by atoms with van der Waals surface area (Å²) in [5, 5.41) is 4.03. The second-order valence-electron chi connectivity index (χ2n) is 6.65. The predicted octanol–water partition coefficient (Wildman–Crippen LogP) is 2.31. The summed E-state index contributed by atoms with van der Waals surface area (Å²) in [6.07, 6.45) is 5.67. The van der Waals surface area contributed by atoms with Gasteiger partial charge in [-0.15, -0.1) is 0 Å². The summed E-state index contributed by atoms with van der Waals surface area (Å²) in [4.78, 5) is 18.5. The molecule has 1 aromatic carbocycles. The SMILES string of the molecule is O=C(/C=C/c1ccc2c(c1)OCO2)N1CC(c2nc(C3CC3)no2)C1. The van der Waals surface area contributed by atoms with Crippen LogP contribution in [0.1, 0.15) is 42.0 Å². The van der Waals surface area contributed by atoms with Gasteiger partial charge in [0.15, 0.2) is 17.3 Å². The maximum atomic E-state index is 12.2. The molecule has 0 unspecified atom stereocenters. The summed E-state index contributed by atoms with van der Waals surface area (Å²) in [5.41, 5.74) is 0.903. The molecule has 1 saturated heterocycles. The van der Waals surface area contributed by atoms with Gasteiger partial charge in [-0.1, -0.05) is 11.2 Å². The molecule has 3 heterocycles. The first-order chi connectivity index (χ1) is 12.3. The molecular weight excluding hydrogens is 322 g/mol. The van der Waals surface area contributed by atoms with Crippen molar-refractivity contribution < 1.29 is 18.8 Å². The highest BCUT2D eigenvalue weighted by molar-refractivity contribution is 5.92. The molecule has 1 aliphatic carbocycles. The number of carbonyl (C=O) groups excluding carboxylic acids is 1. The van der Waals surface area contributed by atoms with Gasteiger partial charge in [0.25, 0.3) is 0 Å². The fourth-order valence-corrected chi connectivity index (χ4v) is 3.02. The van der Waals surface area contributed by atoms with E-state index in [0.717, 1.165) is 30.0 Å². The summed E-state index contributed by atoms with van der Waals surface area (Å²) in [5.74, 6) is 3.55. The summed E-state index contributed by atoms with van der Waals surface area (Å²) < 4.78 is 15.9.